The van der Waals surface area contributed by atoms with E-state index in [0.29, 0.717) is 5.69 Å². The first-order valence-corrected chi connectivity index (χ1v) is 10.1. The summed E-state index contributed by atoms with van der Waals surface area (Å²) in [4.78, 5) is 4.18. The van der Waals surface area contributed by atoms with Crippen molar-refractivity contribution in [3.8, 4) is 16.9 Å². The van der Waals surface area contributed by atoms with E-state index < -0.39 is 6.67 Å². The van der Waals surface area contributed by atoms with E-state index in [0.717, 1.165) is 29.0 Å². The highest BCUT2D eigenvalue weighted by Crippen LogP contribution is 2.31. The van der Waals surface area contributed by atoms with Gasteiger partial charge in [-0.1, -0.05) is 54.6 Å². The van der Waals surface area contributed by atoms with Gasteiger partial charge < -0.3 is 10.1 Å². The SMILES string of the molecule is COc1ccc(CN[C@H](C)c2cccc3ccccc23)cc1-c1ccc(CF)nc1. The summed E-state index contributed by atoms with van der Waals surface area (Å²) in [5.74, 6) is 0.774. The normalized spacial score (nSPS) is 12.1. The van der Waals surface area contributed by atoms with Crippen molar-refractivity contribution in [1.82, 2.24) is 10.3 Å². The number of aromatic nitrogens is 1. The average Bonchev–Trinajstić information content (AvgIpc) is 2.82. The first kappa shape index (κ1) is 20.0. The van der Waals surface area contributed by atoms with Crippen LogP contribution in [0.2, 0.25) is 0 Å². The molecule has 0 saturated carbocycles. The molecule has 0 amide bonds. The van der Waals surface area contributed by atoms with Gasteiger partial charge in [0.1, 0.15) is 12.4 Å². The second kappa shape index (κ2) is 9.06. The molecular weight excluding hydrogens is 375 g/mol. The smallest absolute Gasteiger partial charge is 0.131 e. The maximum Gasteiger partial charge on any atom is 0.131 e. The highest BCUT2D eigenvalue weighted by Gasteiger charge is 2.11. The van der Waals surface area contributed by atoms with E-state index in [9.17, 15) is 4.39 Å². The number of nitrogens with zero attached hydrogens (tertiary/aromatic N) is 1. The molecule has 0 aliphatic carbocycles. The Morgan fingerprint density at radius 1 is 1.00 bits per heavy atom. The number of nitrogens with one attached hydrogen (secondary N) is 1. The zero-order chi connectivity index (χ0) is 20.9. The molecule has 1 N–H and O–H groups in total. The third-order valence-corrected chi connectivity index (χ3v) is 5.44. The Balaban J connectivity index is 1.56. The van der Waals surface area contributed by atoms with E-state index in [1.165, 1.54) is 16.3 Å². The van der Waals surface area contributed by atoms with Gasteiger partial charge in [-0.2, -0.15) is 0 Å². The first-order valence-electron chi connectivity index (χ1n) is 10.1. The highest BCUT2D eigenvalue weighted by molar-refractivity contribution is 5.86. The van der Waals surface area contributed by atoms with Gasteiger partial charge >= 0.3 is 0 Å². The molecule has 1 heterocycles. The fourth-order valence-corrected chi connectivity index (χ4v) is 3.76. The van der Waals surface area contributed by atoms with Crippen LogP contribution in [-0.4, -0.2) is 12.1 Å². The molecule has 0 aliphatic rings. The van der Waals surface area contributed by atoms with Crippen molar-refractivity contribution < 1.29 is 9.13 Å². The number of hydrogen-bond donors (Lipinski definition) is 1. The van der Waals surface area contributed by atoms with Gasteiger partial charge in [0.2, 0.25) is 0 Å². The number of hydrogen-bond acceptors (Lipinski definition) is 3. The van der Waals surface area contributed by atoms with Gasteiger partial charge in [-0.15, -0.1) is 0 Å². The van der Waals surface area contributed by atoms with Crippen LogP contribution in [0.25, 0.3) is 21.9 Å². The monoisotopic (exact) mass is 400 g/mol. The van der Waals surface area contributed by atoms with Crippen molar-refractivity contribution in [3.63, 3.8) is 0 Å². The zero-order valence-electron chi connectivity index (χ0n) is 17.2. The lowest BCUT2D eigenvalue weighted by atomic mass is 9.99. The molecule has 0 aliphatic heterocycles. The third-order valence-electron chi connectivity index (χ3n) is 5.44. The molecule has 4 rings (SSSR count). The summed E-state index contributed by atoms with van der Waals surface area (Å²) >= 11 is 0. The maximum absolute atomic E-state index is 12.8. The van der Waals surface area contributed by atoms with E-state index in [-0.39, 0.29) is 6.04 Å². The lowest BCUT2D eigenvalue weighted by Crippen LogP contribution is -2.18. The molecule has 152 valence electrons. The number of methoxy groups -OCH3 is 1. The fraction of sp³-hybridized carbons (Fsp3) is 0.192. The average molecular weight is 400 g/mol. The molecule has 3 aromatic carbocycles. The van der Waals surface area contributed by atoms with Crippen LogP contribution in [0.15, 0.2) is 79.0 Å². The maximum atomic E-state index is 12.8. The first-order chi connectivity index (χ1) is 14.7. The minimum Gasteiger partial charge on any atom is -0.496 e. The second-order valence-corrected chi connectivity index (χ2v) is 7.38. The van der Waals surface area contributed by atoms with Crippen molar-refractivity contribution in [1.29, 1.82) is 0 Å². The van der Waals surface area contributed by atoms with Crippen molar-refractivity contribution in [3.05, 3.63) is 95.8 Å². The highest BCUT2D eigenvalue weighted by atomic mass is 19.1. The predicted molar refractivity (Wildman–Crippen MR) is 120 cm³/mol. The van der Waals surface area contributed by atoms with Gasteiger partial charge in [0.25, 0.3) is 0 Å². The number of fused-ring (bicyclic) bond motifs is 1. The second-order valence-electron chi connectivity index (χ2n) is 7.38. The molecular formula is C26H25FN2O. The van der Waals surface area contributed by atoms with Gasteiger partial charge in [0.15, 0.2) is 0 Å². The Hall–Kier alpha value is -3.24. The van der Waals surface area contributed by atoms with Crippen molar-refractivity contribution in [2.45, 2.75) is 26.2 Å². The van der Waals surface area contributed by atoms with Gasteiger partial charge in [-0.05, 0) is 47.0 Å². The zero-order valence-corrected chi connectivity index (χ0v) is 17.2. The van der Waals surface area contributed by atoms with Crippen LogP contribution < -0.4 is 10.1 Å². The lowest BCUT2D eigenvalue weighted by Gasteiger charge is -2.18. The van der Waals surface area contributed by atoms with Gasteiger partial charge in [0.05, 0.1) is 12.8 Å². The summed E-state index contributed by atoms with van der Waals surface area (Å²) in [6.45, 7) is 2.34. The third kappa shape index (κ3) is 4.19. The van der Waals surface area contributed by atoms with E-state index in [4.69, 9.17) is 4.74 Å². The van der Waals surface area contributed by atoms with Crippen molar-refractivity contribution >= 4 is 10.8 Å². The number of pyridine rings is 1. The number of halogens is 1. The van der Waals surface area contributed by atoms with Crippen LogP contribution >= 0.6 is 0 Å². The van der Waals surface area contributed by atoms with Crippen molar-refractivity contribution in [2.75, 3.05) is 7.11 Å². The number of benzene rings is 3. The van der Waals surface area contributed by atoms with Crippen LogP contribution in [-0.2, 0) is 13.2 Å². The number of rotatable bonds is 7. The predicted octanol–water partition coefficient (Wildman–Crippen LogP) is 6.23. The molecule has 1 atom stereocenters. The summed E-state index contributed by atoms with van der Waals surface area (Å²) in [6, 6.07) is 24.8. The topological polar surface area (TPSA) is 34.1 Å². The van der Waals surface area contributed by atoms with Crippen LogP contribution in [0.1, 0.15) is 29.8 Å². The molecule has 30 heavy (non-hydrogen) atoms. The molecule has 0 bridgehead atoms. The standard InChI is InChI=1S/C26H25FN2O/c1-18(23-9-5-7-20-6-3-4-8-24(20)23)28-16-19-10-13-26(30-2)25(14-19)21-11-12-22(15-27)29-17-21/h3-14,17-18,28H,15-16H2,1-2H3/t18-/m1/s1. The Kier molecular flexibility index (Phi) is 6.05. The number of ether oxygens (including phenoxy) is 1. The van der Waals surface area contributed by atoms with E-state index in [1.807, 2.05) is 12.1 Å². The molecule has 4 heteroatoms. The van der Waals surface area contributed by atoms with Gasteiger partial charge in [-0.25, -0.2) is 4.39 Å². The van der Waals surface area contributed by atoms with Crippen LogP contribution in [0, 0.1) is 0 Å². The molecule has 4 aromatic rings. The molecule has 0 unspecified atom stereocenters. The fourth-order valence-electron chi connectivity index (χ4n) is 3.76. The Morgan fingerprint density at radius 3 is 2.60 bits per heavy atom. The van der Waals surface area contributed by atoms with Crippen molar-refractivity contribution in [2.24, 2.45) is 0 Å². The quantitative estimate of drug-likeness (QED) is 0.399. The van der Waals surface area contributed by atoms with Gasteiger partial charge in [-0.3, -0.25) is 4.98 Å². The summed E-state index contributed by atoms with van der Waals surface area (Å²) in [6.07, 6.45) is 1.70. The minimum absolute atomic E-state index is 0.201. The molecule has 0 spiro atoms. The molecule has 1 aromatic heterocycles. The number of alkyl halides is 1. The van der Waals surface area contributed by atoms with Crippen LogP contribution in [0.5, 0.6) is 5.75 Å². The molecule has 0 saturated heterocycles. The Morgan fingerprint density at radius 2 is 1.83 bits per heavy atom. The molecule has 0 fully saturated rings. The lowest BCUT2D eigenvalue weighted by molar-refractivity contribution is 0.416. The minimum atomic E-state index is -0.562. The molecule has 3 nitrogen and oxygen atoms in total. The largest absolute Gasteiger partial charge is 0.496 e. The van der Waals surface area contributed by atoms with Gasteiger partial charge in [0, 0.05) is 29.9 Å². The Labute approximate surface area is 176 Å². The summed E-state index contributed by atoms with van der Waals surface area (Å²) in [5, 5.41) is 6.16. The summed E-state index contributed by atoms with van der Waals surface area (Å²) in [5.41, 5.74) is 4.72. The van der Waals surface area contributed by atoms with E-state index >= 15 is 0 Å². The Bertz CT molecular complexity index is 1140. The summed E-state index contributed by atoms with van der Waals surface area (Å²) < 4.78 is 18.3. The van der Waals surface area contributed by atoms with E-state index in [1.54, 1.807) is 19.4 Å². The van der Waals surface area contributed by atoms with E-state index in [2.05, 4.69) is 71.8 Å². The van der Waals surface area contributed by atoms with Crippen LogP contribution in [0.4, 0.5) is 4.39 Å². The summed E-state index contributed by atoms with van der Waals surface area (Å²) in [7, 11) is 1.66. The van der Waals surface area contributed by atoms with Crippen LogP contribution in [0.3, 0.4) is 0 Å². The molecule has 0 radical (unpaired) electrons.